The predicted molar refractivity (Wildman–Crippen MR) is 68.2 cm³/mol. The van der Waals surface area contributed by atoms with Crippen LogP contribution in [0.2, 0.25) is 0 Å². The molecule has 0 radical (unpaired) electrons. The van der Waals surface area contributed by atoms with Gasteiger partial charge in [0.2, 0.25) is 0 Å². The molecule has 1 rings (SSSR count). The van der Waals surface area contributed by atoms with Crippen molar-refractivity contribution in [1.29, 1.82) is 0 Å². The summed E-state index contributed by atoms with van der Waals surface area (Å²) in [5.74, 6) is -0.482. The number of aromatic nitrogens is 2. The topological polar surface area (TPSA) is 52.1 Å². The van der Waals surface area contributed by atoms with E-state index in [1.807, 2.05) is 6.92 Å². The zero-order chi connectivity index (χ0) is 15.2. The second-order valence-electron chi connectivity index (χ2n) is 3.99. The molecule has 1 aromatic rings. The van der Waals surface area contributed by atoms with Gasteiger partial charge in [-0.25, -0.2) is 9.97 Å². The Balaban J connectivity index is 2.85. The van der Waals surface area contributed by atoms with E-state index in [2.05, 4.69) is 14.7 Å². The molecule has 0 fully saturated rings. The van der Waals surface area contributed by atoms with Gasteiger partial charge in [-0.05, 0) is 12.5 Å². The fourth-order valence-electron chi connectivity index (χ4n) is 1.43. The van der Waals surface area contributed by atoms with Gasteiger partial charge in [-0.3, -0.25) is 4.79 Å². The highest BCUT2D eigenvalue weighted by Crippen LogP contribution is 2.30. The van der Waals surface area contributed by atoms with Crippen molar-refractivity contribution in [3.63, 3.8) is 0 Å². The number of hydrogen-bond donors (Lipinski definition) is 0. The Labute approximate surface area is 119 Å². The summed E-state index contributed by atoms with van der Waals surface area (Å²) in [5, 5.41) is -0.672. The van der Waals surface area contributed by atoms with Crippen molar-refractivity contribution in [3.05, 3.63) is 18.0 Å². The van der Waals surface area contributed by atoms with Gasteiger partial charge in [-0.2, -0.15) is 13.2 Å². The zero-order valence-electron chi connectivity index (χ0n) is 11.1. The van der Waals surface area contributed by atoms with Crippen molar-refractivity contribution in [2.45, 2.75) is 42.8 Å². The molecule has 1 aromatic heterocycles. The molecule has 0 spiro atoms. The molecule has 0 saturated heterocycles. The van der Waals surface area contributed by atoms with Crippen molar-refractivity contribution < 1.29 is 22.7 Å². The summed E-state index contributed by atoms with van der Waals surface area (Å²) in [7, 11) is 1.24. The lowest BCUT2D eigenvalue weighted by molar-refractivity contribution is -0.141. The summed E-state index contributed by atoms with van der Waals surface area (Å²) in [6, 6.07) is 0.795. The molecular weight excluding hydrogens is 293 g/mol. The van der Waals surface area contributed by atoms with Crippen molar-refractivity contribution in [2.75, 3.05) is 7.11 Å². The number of methoxy groups -OCH3 is 1. The van der Waals surface area contributed by atoms with Crippen molar-refractivity contribution in [1.82, 2.24) is 9.97 Å². The summed E-state index contributed by atoms with van der Waals surface area (Å²) in [4.78, 5) is 18.8. The SMILES string of the molecule is CCCCC(Sc1nccc(C(F)(F)F)n1)C(=O)OC. The molecule has 0 amide bonds. The summed E-state index contributed by atoms with van der Waals surface area (Å²) in [6.07, 6.45) is -1.34. The summed E-state index contributed by atoms with van der Waals surface area (Å²) in [6.45, 7) is 1.96. The number of carbonyl (C=O) groups is 1. The van der Waals surface area contributed by atoms with Crippen LogP contribution in [0.4, 0.5) is 13.2 Å². The summed E-state index contributed by atoms with van der Waals surface area (Å²) >= 11 is 0.895. The lowest BCUT2D eigenvalue weighted by Crippen LogP contribution is -2.19. The molecule has 1 heterocycles. The standard InChI is InChI=1S/C12H15F3N2O2S/c1-3-4-5-8(10(18)19-2)20-11-16-7-6-9(17-11)12(13,14)15/h6-8H,3-5H2,1-2H3. The Bertz CT molecular complexity index is 455. The first kappa shape index (κ1) is 16.7. The number of thioether (sulfide) groups is 1. The highest BCUT2D eigenvalue weighted by atomic mass is 32.2. The van der Waals surface area contributed by atoms with E-state index in [1.54, 1.807) is 0 Å². The van der Waals surface area contributed by atoms with E-state index in [0.29, 0.717) is 6.42 Å². The first-order valence-electron chi connectivity index (χ1n) is 6.03. The average Bonchev–Trinajstić information content (AvgIpc) is 2.42. The van der Waals surface area contributed by atoms with Crippen LogP contribution in [0.25, 0.3) is 0 Å². The molecule has 0 aliphatic carbocycles. The monoisotopic (exact) mass is 308 g/mol. The van der Waals surface area contributed by atoms with Crippen LogP contribution >= 0.6 is 11.8 Å². The fourth-order valence-corrected chi connectivity index (χ4v) is 2.43. The molecule has 1 atom stereocenters. The molecule has 0 aliphatic rings. The minimum atomic E-state index is -4.53. The van der Waals surface area contributed by atoms with Crippen LogP contribution in [-0.4, -0.2) is 28.3 Å². The van der Waals surface area contributed by atoms with E-state index in [-0.39, 0.29) is 5.16 Å². The number of carbonyl (C=O) groups excluding carboxylic acids is 1. The number of esters is 1. The van der Waals surface area contributed by atoms with Gasteiger partial charge in [-0.15, -0.1) is 0 Å². The number of rotatable bonds is 6. The number of hydrogen-bond acceptors (Lipinski definition) is 5. The second kappa shape index (κ2) is 7.47. The molecule has 20 heavy (non-hydrogen) atoms. The van der Waals surface area contributed by atoms with Gasteiger partial charge in [-0.1, -0.05) is 31.5 Å². The zero-order valence-corrected chi connectivity index (χ0v) is 11.9. The molecule has 0 aliphatic heterocycles. The van der Waals surface area contributed by atoms with Gasteiger partial charge in [0.15, 0.2) is 5.16 Å². The highest BCUT2D eigenvalue weighted by molar-refractivity contribution is 8.00. The lowest BCUT2D eigenvalue weighted by atomic mass is 10.2. The van der Waals surface area contributed by atoms with Crippen LogP contribution in [0.15, 0.2) is 17.4 Å². The Hall–Kier alpha value is -1.31. The van der Waals surface area contributed by atoms with Crippen molar-refractivity contribution in [2.24, 2.45) is 0 Å². The molecular formula is C12H15F3N2O2S. The van der Waals surface area contributed by atoms with E-state index in [9.17, 15) is 18.0 Å². The van der Waals surface area contributed by atoms with E-state index in [1.165, 1.54) is 7.11 Å². The van der Waals surface area contributed by atoms with E-state index in [0.717, 1.165) is 36.9 Å². The average molecular weight is 308 g/mol. The van der Waals surface area contributed by atoms with Crippen LogP contribution in [-0.2, 0) is 15.7 Å². The summed E-state index contributed by atoms with van der Waals surface area (Å²) in [5.41, 5.74) is -1.02. The quantitative estimate of drug-likeness (QED) is 0.458. The molecule has 0 aromatic carbocycles. The lowest BCUT2D eigenvalue weighted by Gasteiger charge is -2.13. The van der Waals surface area contributed by atoms with Crippen molar-refractivity contribution in [3.8, 4) is 0 Å². The summed E-state index contributed by atoms with van der Waals surface area (Å²) < 4.78 is 42.3. The maximum Gasteiger partial charge on any atom is 0.433 e. The Morgan fingerprint density at radius 1 is 1.50 bits per heavy atom. The van der Waals surface area contributed by atoms with Gasteiger partial charge < -0.3 is 4.74 Å². The number of ether oxygens (including phenoxy) is 1. The van der Waals surface area contributed by atoms with Crippen LogP contribution in [0.3, 0.4) is 0 Å². The van der Waals surface area contributed by atoms with Crippen molar-refractivity contribution >= 4 is 17.7 Å². The minimum absolute atomic E-state index is 0.0775. The number of nitrogens with zero attached hydrogens (tertiary/aromatic N) is 2. The van der Waals surface area contributed by atoms with E-state index >= 15 is 0 Å². The number of unbranched alkanes of at least 4 members (excludes halogenated alkanes) is 1. The minimum Gasteiger partial charge on any atom is -0.468 e. The normalized spacial score (nSPS) is 13.1. The third-order valence-electron chi connectivity index (χ3n) is 2.46. The number of alkyl halides is 3. The first-order chi connectivity index (χ1) is 9.38. The number of halogens is 3. The maximum absolute atomic E-state index is 12.5. The second-order valence-corrected chi connectivity index (χ2v) is 5.16. The Kier molecular flexibility index (Phi) is 6.25. The van der Waals surface area contributed by atoms with Crippen LogP contribution in [0.1, 0.15) is 31.9 Å². The van der Waals surface area contributed by atoms with Gasteiger partial charge in [0, 0.05) is 6.20 Å². The largest absolute Gasteiger partial charge is 0.468 e. The van der Waals surface area contributed by atoms with E-state index < -0.39 is 23.1 Å². The van der Waals surface area contributed by atoms with Gasteiger partial charge in [0.25, 0.3) is 0 Å². The van der Waals surface area contributed by atoms with Gasteiger partial charge in [0.1, 0.15) is 10.9 Å². The highest BCUT2D eigenvalue weighted by Gasteiger charge is 2.33. The van der Waals surface area contributed by atoms with Gasteiger partial charge in [0.05, 0.1) is 7.11 Å². The molecule has 8 heteroatoms. The predicted octanol–water partition coefficient (Wildman–Crippen LogP) is 3.32. The molecule has 0 N–H and O–H groups in total. The van der Waals surface area contributed by atoms with E-state index in [4.69, 9.17) is 0 Å². The Morgan fingerprint density at radius 2 is 2.20 bits per heavy atom. The molecule has 112 valence electrons. The smallest absolute Gasteiger partial charge is 0.433 e. The third kappa shape index (κ3) is 4.99. The fraction of sp³-hybridized carbons (Fsp3) is 0.583. The Morgan fingerprint density at radius 3 is 2.75 bits per heavy atom. The molecule has 1 unspecified atom stereocenters. The van der Waals surface area contributed by atoms with Crippen LogP contribution in [0, 0.1) is 0 Å². The third-order valence-corrected chi connectivity index (χ3v) is 3.58. The maximum atomic E-state index is 12.5. The molecule has 4 nitrogen and oxygen atoms in total. The molecule has 0 saturated carbocycles. The first-order valence-corrected chi connectivity index (χ1v) is 6.91. The molecule has 0 bridgehead atoms. The van der Waals surface area contributed by atoms with Crippen LogP contribution in [0.5, 0.6) is 0 Å². The van der Waals surface area contributed by atoms with Gasteiger partial charge >= 0.3 is 12.1 Å². The van der Waals surface area contributed by atoms with Crippen LogP contribution < -0.4 is 0 Å².